The predicted octanol–water partition coefficient (Wildman–Crippen LogP) is 5.37. The molecule has 1 amide bonds. The number of para-hydroxylation sites is 1. The van der Waals surface area contributed by atoms with Gasteiger partial charge in [-0.15, -0.1) is 11.8 Å². The Balaban J connectivity index is 1.37. The summed E-state index contributed by atoms with van der Waals surface area (Å²) in [5.74, 6) is 0.708. The van der Waals surface area contributed by atoms with Crippen LogP contribution in [0.15, 0.2) is 47.4 Å². The fraction of sp³-hybridized carbons (Fsp3) is 0.440. The zero-order valence-corrected chi connectivity index (χ0v) is 20.6. The van der Waals surface area contributed by atoms with Gasteiger partial charge in [-0.05, 0) is 61.4 Å². The lowest BCUT2D eigenvalue weighted by Gasteiger charge is -2.27. The van der Waals surface area contributed by atoms with Gasteiger partial charge < -0.3 is 4.74 Å². The first-order valence-corrected chi connectivity index (χ1v) is 13.3. The molecule has 1 aromatic heterocycles. The maximum atomic E-state index is 13.2. The van der Waals surface area contributed by atoms with Crippen molar-refractivity contribution < 1.29 is 13.9 Å². The minimum absolute atomic E-state index is 0.119. The maximum Gasteiger partial charge on any atom is 0.228 e. The summed E-state index contributed by atoms with van der Waals surface area (Å²) in [6.07, 6.45) is 2.15. The second kappa shape index (κ2) is 11.9. The average molecular weight is 488 g/mol. The number of hydrogen-bond donors (Lipinski definition) is 0. The summed E-state index contributed by atoms with van der Waals surface area (Å²) in [7, 11) is 0. The van der Waals surface area contributed by atoms with Gasteiger partial charge in [0, 0.05) is 37.5 Å². The van der Waals surface area contributed by atoms with Crippen LogP contribution in [0.3, 0.4) is 0 Å². The van der Waals surface area contributed by atoms with Crippen LogP contribution in [-0.4, -0.2) is 60.9 Å². The first kappa shape index (κ1) is 24.1. The summed E-state index contributed by atoms with van der Waals surface area (Å²) in [5, 5.41) is 0.789. The van der Waals surface area contributed by atoms with Crippen LogP contribution in [0.1, 0.15) is 24.8 Å². The molecule has 0 saturated carbocycles. The normalized spacial score (nSPS) is 14.6. The Morgan fingerprint density at radius 2 is 1.97 bits per heavy atom. The summed E-state index contributed by atoms with van der Waals surface area (Å²) >= 11 is 3.24. The van der Waals surface area contributed by atoms with Crippen LogP contribution in [0.4, 0.5) is 9.52 Å². The van der Waals surface area contributed by atoms with Crippen molar-refractivity contribution in [2.45, 2.75) is 31.1 Å². The maximum absolute atomic E-state index is 13.2. The van der Waals surface area contributed by atoms with E-state index in [0.717, 1.165) is 77.2 Å². The number of halogens is 1. The molecule has 2 aromatic carbocycles. The largest absolute Gasteiger partial charge is 0.379 e. The highest BCUT2D eigenvalue weighted by molar-refractivity contribution is 7.99. The van der Waals surface area contributed by atoms with Crippen LogP contribution in [0.2, 0.25) is 0 Å². The van der Waals surface area contributed by atoms with E-state index < -0.39 is 0 Å². The number of aryl methyl sites for hydroxylation is 1. The van der Waals surface area contributed by atoms with Crippen molar-refractivity contribution in [3.05, 3.63) is 53.8 Å². The molecule has 1 aliphatic rings. The third-order valence-electron chi connectivity index (χ3n) is 5.72. The van der Waals surface area contributed by atoms with Crippen LogP contribution in [-0.2, 0) is 9.53 Å². The Labute approximate surface area is 202 Å². The van der Waals surface area contributed by atoms with E-state index in [9.17, 15) is 9.18 Å². The minimum Gasteiger partial charge on any atom is -0.379 e. The number of morpholine rings is 1. The summed E-state index contributed by atoms with van der Waals surface area (Å²) in [6.45, 7) is 7.15. The third-order valence-corrected chi connectivity index (χ3v) is 7.86. The molecule has 2 heterocycles. The summed E-state index contributed by atoms with van der Waals surface area (Å²) < 4.78 is 19.6. The van der Waals surface area contributed by atoms with E-state index in [0.29, 0.717) is 13.0 Å². The second-order valence-corrected chi connectivity index (χ2v) is 10.4. The Morgan fingerprint density at radius 1 is 1.18 bits per heavy atom. The predicted molar refractivity (Wildman–Crippen MR) is 135 cm³/mol. The molecule has 3 aromatic rings. The molecule has 0 unspecified atom stereocenters. The number of anilines is 1. The van der Waals surface area contributed by atoms with Crippen LogP contribution in [0, 0.1) is 12.7 Å². The Kier molecular flexibility index (Phi) is 8.72. The van der Waals surface area contributed by atoms with E-state index in [2.05, 4.69) is 24.0 Å². The monoisotopic (exact) mass is 487 g/mol. The standard InChI is InChI=1S/C25H30FN3O2S2/c1-19-5-2-6-22-24(19)27-25(33-22)29(13-4-12-28-14-16-31-17-15-28)23(30)7-3-18-32-21-10-8-20(26)9-11-21/h2,5-6,8-11H,3-4,7,12-18H2,1H3. The highest BCUT2D eigenvalue weighted by Crippen LogP contribution is 2.31. The van der Waals surface area contributed by atoms with E-state index in [1.807, 2.05) is 11.0 Å². The molecule has 0 bridgehead atoms. The number of carbonyl (C=O) groups is 1. The van der Waals surface area contributed by atoms with E-state index >= 15 is 0 Å². The smallest absolute Gasteiger partial charge is 0.228 e. The number of aromatic nitrogens is 1. The minimum atomic E-state index is -0.228. The number of fused-ring (bicyclic) bond motifs is 1. The molecule has 1 aliphatic heterocycles. The number of benzene rings is 2. The van der Waals surface area contributed by atoms with Gasteiger partial charge in [0.15, 0.2) is 5.13 Å². The quantitative estimate of drug-likeness (QED) is 0.284. The summed E-state index contributed by atoms with van der Waals surface area (Å²) in [5.41, 5.74) is 2.11. The fourth-order valence-electron chi connectivity index (χ4n) is 3.87. The molecular formula is C25H30FN3O2S2. The molecule has 0 N–H and O–H groups in total. The van der Waals surface area contributed by atoms with Crippen molar-refractivity contribution in [3.63, 3.8) is 0 Å². The molecule has 0 aliphatic carbocycles. The Morgan fingerprint density at radius 3 is 2.73 bits per heavy atom. The van der Waals surface area contributed by atoms with E-state index in [4.69, 9.17) is 9.72 Å². The van der Waals surface area contributed by atoms with Crippen LogP contribution in [0.5, 0.6) is 0 Å². The molecule has 1 fully saturated rings. The van der Waals surface area contributed by atoms with Crippen molar-refractivity contribution >= 4 is 44.4 Å². The lowest BCUT2D eigenvalue weighted by atomic mass is 10.2. The first-order valence-electron chi connectivity index (χ1n) is 11.4. The number of thioether (sulfide) groups is 1. The number of rotatable bonds is 10. The topological polar surface area (TPSA) is 45.7 Å². The Bertz CT molecular complexity index is 1050. The number of ether oxygens (including phenoxy) is 1. The van der Waals surface area contributed by atoms with Crippen LogP contribution < -0.4 is 4.90 Å². The van der Waals surface area contributed by atoms with Gasteiger partial charge in [-0.2, -0.15) is 0 Å². The van der Waals surface area contributed by atoms with Gasteiger partial charge in [-0.25, -0.2) is 9.37 Å². The number of carbonyl (C=O) groups excluding carboxylic acids is 1. The molecule has 5 nitrogen and oxygen atoms in total. The molecule has 0 spiro atoms. The van der Waals surface area contributed by atoms with E-state index in [-0.39, 0.29) is 11.7 Å². The van der Waals surface area contributed by atoms with E-state index in [1.165, 1.54) is 12.1 Å². The zero-order chi connectivity index (χ0) is 23.0. The molecule has 4 rings (SSSR count). The average Bonchev–Trinajstić information content (AvgIpc) is 3.26. The SMILES string of the molecule is Cc1cccc2sc(N(CCCN3CCOCC3)C(=O)CCCSc3ccc(F)cc3)nc12. The van der Waals surface area contributed by atoms with Gasteiger partial charge in [-0.3, -0.25) is 14.6 Å². The number of hydrogen-bond acceptors (Lipinski definition) is 6. The van der Waals surface area contributed by atoms with Gasteiger partial charge in [0.25, 0.3) is 0 Å². The fourth-order valence-corrected chi connectivity index (χ4v) is 5.81. The highest BCUT2D eigenvalue weighted by atomic mass is 32.2. The molecule has 0 radical (unpaired) electrons. The van der Waals surface area contributed by atoms with Crippen molar-refractivity contribution in [2.24, 2.45) is 0 Å². The van der Waals surface area contributed by atoms with Gasteiger partial charge in [0.1, 0.15) is 5.82 Å². The lowest BCUT2D eigenvalue weighted by Crippen LogP contribution is -2.39. The second-order valence-electron chi connectivity index (χ2n) is 8.18. The number of thiazole rings is 1. The Hall–Kier alpha value is -2.00. The van der Waals surface area contributed by atoms with Gasteiger partial charge in [0.2, 0.25) is 5.91 Å². The van der Waals surface area contributed by atoms with Crippen LogP contribution >= 0.6 is 23.1 Å². The first-order chi connectivity index (χ1) is 16.1. The summed E-state index contributed by atoms with van der Waals surface area (Å²) in [4.78, 5) is 23.4. The van der Waals surface area contributed by atoms with Crippen molar-refractivity contribution in [3.8, 4) is 0 Å². The summed E-state index contributed by atoms with van der Waals surface area (Å²) in [6, 6.07) is 12.7. The molecule has 8 heteroatoms. The molecule has 176 valence electrons. The van der Waals surface area contributed by atoms with Crippen molar-refractivity contribution in [1.82, 2.24) is 9.88 Å². The number of nitrogens with zero attached hydrogens (tertiary/aromatic N) is 3. The van der Waals surface area contributed by atoms with Gasteiger partial charge in [-0.1, -0.05) is 23.5 Å². The van der Waals surface area contributed by atoms with E-state index in [1.54, 1.807) is 35.2 Å². The molecule has 33 heavy (non-hydrogen) atoms. The third kappa shape index (κ3) is 6.76. The zero-order valence-electron chi connectivity index (χ0n) is 19.0. The lowest BCUT2D eigenvalue weighted by molar-refractivity contribution is -0.118. The van der Waals surface area contributed by atoms with Crippen molar-refractivity contribution in [1.29, 1.82) is 0 Å². The molecule has 1 saturated heterocycles. The molecule has 0 atom stereocenters. The number of amides is 1. The highest BCUT2D eigenvalue weighted by Gasteiger charge is 2.20. The van der Waals surface area contributed by atoms with Gasteiger partial charge >= 0.3 is 0 Å². The van der Waals surface area contributed by atoms with Crippen molar-refractivity contribution in [2.75, 3.05) is 50.0 Å². The molecular weight excluding hydrogens is 457 g/mol. The van der Waals surface area contributed by atoms with Crippen LogP contribution in [0.25, 0.3) is 10.2 Å². The van der Waals surface area contributed by atoms with Gasteiger partial charge in [0.05, 0.1) is 23.4 Å².